The topological polar surface area (TPSA) is 115 Å². The molecule has 0 saturated carbocycles. The van der Waals surface area contributed by atoms with Gasteiger partial charge in [0.2, 0.25) is 0 Å². The van der Waals surface area contributed by atoms with E-state index < -0.39 is 18.1 Å². The van der Waals surface area contributed by atoms with Crippen LogP contribution >= 0.6 is 0 Å². The smallest absolute Gasteiger partial charge is 0.430 e. The molecule has 0 bridgehead atoms. The number of aromatic nitrogens is 2. The monoisotopic (exact) mass is 365 g/mol. The lowest BCUT2D eigenvalue weighted by atomic mass is 10.2. The van der Waals surface area contributed by atoms with Crippen molar-refractivity contribution < 1.29 is 42.4 Å². The van der Waals surface area contributed by atoms with E-state index >= 15 is 0 Å². The molecule has 0 aliphatic carbocycles. The molecule has 0 fully saturated rings. The van der Waals surface area contributed by atoms with Crippen molar-refractivity contribution in [3.63, 3.8) is 0 Å². The van der Waals surface area contributed by atoms with Crippen molar-refractivity contribution in [3.8, 4) is 0 Å². The molecule has 11 heteroatoms. The van der Waals surface area contributed by atoms with Crippen molar-refractivity contribution in [2.75, 3.05) is 7.05 Å². The van der Waals surface area contributed by atoms with Crippen molar-refractivity contribution in [2.24, 2.45) is 0 Å². The molecule has 140 valence electrons. The maximum atomic E-state index is 11.9. The zero-order valence-electron chi connectivity index (χ0n) is 13.8. The second kappa shape index (κ2) is 9.55. The van der Waals surface area contributed by atoms with Gasteiger partial charge in [-0.2, -0.15) is 13.2 Å². The Bertz CT molecular complexity index is 603. The Morgan fingerprint density at radius 3 is 2.20 bits per heavy atom. The van der Waals surface area contributed by atoms with E-state index in [0.717, 1.165) is 0 Å². The van der Waals surface area contributed by atoms with Crippen molar-refractivity contribution in [2.45, 2.75) is 39.0 Å². The number of halogens is 3. The fourth-order valence-electron chi connectivity index (χ4n) is 1.29. The predicted octanol–water partition coefficient (Wildman–Crippen LogP) is -0.377. The van der Waals surface area contributed by atoms with Gasteiger partial charge in [-0.1, -0.05) is 4.68 Å². The number of hydrogen-bond acceptors (Lipinski definition) is 5. The summed E-state index contributed by atoms with van der Waals surface area (Å²) in [5.74, 6) is -3.97. The highest BCUT2D eigenvalue weighted by Gasteiger charge is 2.28. The van der Waals surface area contributed by atoms with Crippen LogP contribution in [0.1, 0.15) is 30.6 Å². The molecule has 1 rings (SSSR count). The largest absolute Gasteiger partial charge is 0.542 e. The van der Waals surface area contributed by atoms with Crippen molar-refractivity contribution in [1.29, 1.82) is 0 Å². The highest BCUT2D eigenvalue weighted by atomic mass is 19.4. The molecule has 8 nitrogen and oxygen atoms in total. The first-order chi connectivity index (χ1) is 11.4. The Labute approximate surface area is 141 Å². The molecule has 0 atom stereocenters. The molecule has 0 aromatic carbocycles. The number of carbonyl (C=O) groups excluding carboxylic acids is 2. The minimum atomic E-state index is -5.19. The second-order valence-electron chi connectivity index (χ2n) is 5.12. The third-order valence-electron chi connectivity index (χ3n) is 2.90. The first-order valence-electron chi connectivity index (χ1n) is 6.99. The molecule has 1 aromatic rings. The highest BCUT2D eigenvalue weighted by Crippen LogP contribution is 2.11. The van der Waals surface area contributed by atoms with Crippen LogP contribution in [0.15, 0.2) is 18.5 Å². The van der Waals surface area contributed by atoms with E-state index in [1.807, 2.05) is 13.8 Å². The zero-order chi connectivity index (χ0) is 19.8. The summed E-state index contributed by atoms with van der Waals surface area (Å²) in [6, 6.07) is 1.77. The van der Waals surface area contributed by atoms with Gasteiger partial charge >= 0.3 is 12.1 Å². The Kier molecular flexibility index (Phi) is 8.51. The van der Waals surface area contributed by atoms with Crippen molar-refractivity contribution in [3.05, 3.63) is 24.0 Å². The number of aryl methyl sites for hydroxylation is 1. The van der Waals surface area contributed by atoms with Gasteiger partial charge in [0.15, 0.2) is 12.7 Å². The van der Waals surface area contributed by atoms with Gasteiger partial charge in [-0.25, -0.2) is 0 Å². The Hall–Kier alpha value is -2.72. The van der Waals surface area contributed by atoms with E-state index in [-0.39, 0.29) is 18.4 Å². The molecule has 1 amide bonds. The third-order valence-corrected chi connectivity index (χ3v) is 2.90. The Balaban J connectivity index is 0.000000697. The summed E-state index contributed by atoms with van der Waals surface area (Å²) >= 11 is 0. The van der Waals surface area contributed by atoms with Crippen LogP contribution in [0.2, 0.25) is 0 Å². The van der Waals surface area contributed by atoms with Crippen LogP contribution < -0.4 is 9.79 Å². The SMILES string of the molecule is CC(C)N(C)C(=O)c1cc[n+](CCC(=O)O)nc1.O=C([O-])C(F)(F)F. The minimum absolute atomic E-state index is 0.0108. The van der Waals surface area contributed by atoms with Gasteiger partial charge in [-0.3, -0.25) is 9.59 Å². The molecule has 1 N–H and O–H groups in total. The van der Waals surface area contributed by atoms with Gasteiger partial charge in [0.25, 0.3) is 5.91 Å². The highest BCUT2D eigenvalue weighted by molar-refractivity contribution is 5.93. The average Bonchev–Trinajstić information content (AvgIpc) is 2.51. The van der Waals surface area contributed by atoms with E-state index in [2.05, 4.69) is 5.10 Å². The number of carboxylic acids is 2. The third kappa shape index (κ3) is 8.63. The van der Waals surface area contributed by atoms with E-state index in [4.69, 9.17) is 15.0 Å². The summed E-state index contributed by atoms with van der Waals surface area (Å²) in [5.41, 5.74) is 0.498. The van der Waals surface area contributed by atoms with Gasteiger partial charge in [0.1, 0.15) is 18.6 Å². The molecular weight excluding hydrogens is 347 g/mol. The van der Waals surface area contributed by atoms with Crippen LogP contribution in [0.4, 0.5) is 13.2 Å². The summed E-state index contributed by atoms with van der Waals surface area (Å²) in [6.45, 7) is 4.16. The van der Waals surface area contributed by atoms with Gasteiger partial charge < -0.3 is 19.9 Å². The van der Waals surface area contributed by atoms with Crippen LogP contribution in [-0.2, 0) is 16.1 Å². The zero-order valence-corrected chi connectivity index (χ0v) is 13.8. The lowest BCUT2D eigenvalue weighted by Crippen LogP contribution is -2.39. The van der Waals surface area contributed by atoms with Gasteiger partial charge in [-0.15, -0.1) is 0 Å². The molecule has 0 aliphatic rings. The number of alkyl halides is 3. The van der Waals surface area contributed by atoms with E-state index in [9.17, 15) is 22.8 Å². The van der Waals surface area contributed by atoms with Crippen molar-refractivity contribution in [1.82, 2.24) is 10.00 Å². The van der Waals surface area contributed by atoms with E-state index in [0.29, 0.717) is 12.1 Å². The molecule has 0 saturated heterocycles. The van der Waals surface area contributed by atoms with E-state index in [1.165, 1.54) is 10.9 Å². The summed E-state index contributed by atoms with van der Waals surface area (Å²) in [4.78, 5) is 32.8. The van der Waals surface area contributed by atoms with Crippen LogP contribution in [0, 0.1) is 0 Å². The number of nitrogens with zero attached hydrogens (tertiary/aromatic N) is 3. The maximum Gasteiger partial charge on any atom is 0.430 e. The Morgan fingerprint density at radius 1 is 1.36 bits per heavy atom. The Morgan fingerprint density at radius 2 is 1.88 bits per heavy atom. The molecule has 1 aromatic heterocycles. The molecule has 0 radical (unpaired) electrons. The molecular formula is C14H18F3N3O5. The fourth-order valence-corrected chi connectivity index (χ4v) is 1.29. The second-order valence-corrected chi connectivity index (χ2v) is 5.12. The number of carbonyl (C=O) groups is 3. The normalized spacial score (nSPS) is 10.7. The maximum absolute atomic E-state index is 11.9. The fraction of sp³-hybridized carbons (Fsp3) is 0.500. The standard InChI is InChI=1S/C12H17N3O3.C2HF3O2/c1-9(2)14(3)12(18)10-4-6-15(13-8-10)7-5-11(16)17;3-2(4,5)1(6)7/h4,6,8-9H,5,7H2,1-3H3;(H,6,7). The molecule has 1 heterocycles. The predicted molar refractivity (Wildman–Crippen MR) is 75.0 cm³/mol. The summed E-state index contributed by atoms with van der Waals surface area (Å²) in [5, 5.41) is 21.4. The van der Waals surface area contributed by atoms with Crippen LogP contribution in [0.5, 0.6) is 0 Å². The number of hydrogen-bond donors (Lipinski definition) is 1. The average molecular weight is 365 g/mol. The lowest BCUT2D eigenvalue weighted by Gasteiger charge is -2.20. The summed E-state index contributed by atoms with van der Waals surface area (Å²) in [7, 11) is 1.73. The molecule has 0 spiro atoms. The molecule has 0 aliphatic heterocycles. The first-order valence-corrected chi connectivity index (χ1v) is 6.99. The summed E-state index contributed by atoms with van der Waals surface area (Å²) in [6.07, 6.45) is -2.11. The number of aliphatic carboxylic acids is 2. The first kappa shape index (κ1) is 22.3. The number of amides is 1. The minimum Gasteiger partial charge on any atom is -0.542 e. The lowest BCUT2D eigenvalue weighted by molar-refractivity contribution is -0.753. The quantitative estimate of drug-likeness (QED) is 0.712. The van der Waals surface area contributed by atoms with Gasteiger partial charge in [0.05, 0.1) is 5.56 Å². The number of rotatable bonds is 5. The number of carboxylic acid groups (broad SMARTS) is 2. The van der Waals surface area contributed by atoms with Crippen LogP contribution in [-0.4, -0.2) is 52.2 Å². The molecule has 25 heavy (non-hydrogen) atoms. The van der Waals surface area contributed by atoms with Gasteiger partial charge in [0, 0.05) is 19.2 Å². The summed E-state index contributed by atoms with van der Waals surface area (Å²) < 4.78 is 33.0. The van der Waals surface area contributed by atoms with Crippen LogP contribution in [0.25, 0.3) is 0 Å². The van der Waals surface area contributed by atoms with Crippen molar-refractivity contribution >= 4 is 17.8 Å². The van der Waals surface area contributed by atoms with Gasteiger partial charge in [-0.05, 0) is 18.9 Å². The van der Waals surface area contributed by atoms with Crippen LogP contribution in [0.3, 0.4) is 0 Å². The van der Waals surface area contributed by atoms with E-state index in [1.54, 1.807) is 24.2 Å². The molecule has 0 unspecified atom stereocenters.